The van der Waals surface area contributed by atoms with Crippen LogP contribution in [0, 0.1) is 20.8 Å². The number of urea groups is 1. The summed E-state index contributed by atoms with van der Waals surface area (Å²) in [6, 6.07) is 25.1. The van der Waals surface area contributed by atoms with Gasteiger partial charge in [0.1, 0.15) is 12.4 Å². The van der Waals surface area contributed by atoms with Crippen LogP contribution in [-0.2, 0) is 4.79 Å². The van der Waals surface area contributed by atoms with Crippen LogP contribution in [0.1, 0.15) is 30.0 Å². The van der Waals surface area contributed by atoms with Crippen LogP contribution in [0.25, 0.3) is 16.9 Å². The van der Waals surface area contributed by atoms with Crippen molar-refractivity contribution in [2.75, 3.05) is 23.7 Å². The zero-order valence-corrected chi connectivity index (χ0v) is 21.8. The fourth-order valence-electron chi connectivity index (χ4n) is 4.16. The van der Waals surface area contributed by atoms with Crippen molar-refractivity contribution in [2.45, 2.75) is 34.1 Å². The second kappa shape index (κ2) is 11.6. The molecule has 0 aliphatic carbocycles. The summed E-state index contributed by atoms with van der Waals surface area (Å²) in [5.74, 6) is 0.254. The minimum Gasteiger partial charge on any atom is -0.315 e. The smallest absolute Gasteiger partial charge is 0.315 e. The van der Waals surface area contributed by atoms with Crippen LogP contribution < -0.4 is 10.6 Å². The number of anilines is 2. The lowest BCUT2D eigenvalue weighted by Gasteiger charge is -2.22. The van der Waals surface area contributed by atoms with Crippen LogP contribution in [0.4, 0.5) is 16.3 Å². The average Bonchev–Trinajstić information content (AvgIpc) is 3.29. The van der Waals surface area contributed by atoms with Gasteiger partial charge in [-0.1, -0.05) is 72.6 Å². The van der Waals surface area contributed by atoms with E-state index >= 15 is 0 Å². The highest BCUT2D eigenvalue weighted by atomic mass is 16.2. The topological polar surface area (TPSA) is 79.3 Å². The number of benzene rings is 3. The molecular weight excluding hydrogens is 462 g/mol. The fourth-order valence-corrected chi connectivity index (χ4v) is 4.16. The Kier molecular flexibility index (Phi) is 8.03. The van der Waals surface area contributed by atoms with Crippen molar-refractivity contribution in [1.29, 1.82) is 0 Å². The molecule has 3 aromatic carbocycles. The molecule has 0 unspecified atom stereocenters. The van der Waals surface area contributed by atoms with E-state index in [0.717, 1.165) is 40.1 Å². The molecule has 1 heterocycles. The number of amides is 3. The number of nitrogens with one attached hydrogen (secondary N) is 2. The van der Waals surface area contributed by atoms with Crippen LogP contribution in [0.15, 0.2) is 78.9 Å². The molecule has 7 nitrogen and oxygen atoms in total. The number of nitrogens with zero attached hydrogens (tertiary/aromatic N) is 3. The molecule has 0 bridgehead atoms. The fraction of sp³-hybridized carbons (Fsp3) is 0.233. The predicted octanol–water partition coefficient (Wildman–Crippen LogP) is 6.35. The van der Waals surface area contributed by atoms with Crippen LogP contribution >= 0.6 is 0 Å². The first-order chi connectivity index (χ1) is 17.8. The molecule has 190 valence electrons. The number of aromatic nitrogens is 2. The third-order valence-corrected chi connectivity index (χ3v) is 6.04. The molecule has 0 saturated heterocycles. The van der Waals surface area contributed by atoms with Gasteiger partial charge in [-0.3, -0.25) is 4.79 Å². The second-order valence-corrected chi connectivity index (χ2v) is 9.25. The van der Waals surface area contributed by atoms with Gasteiger partial charge in [-0.05, 0) is 51.0 Å². The van der Waals surface area contributed by atoms with Gasteiger partial charge in [0.05, 0.1) is 11.4 Å². The summed E-state index contributed by atoms with van der Waals surface area (Å²) in [6.45, 7) is 8.41. The molecule has 7 heteroatoms. The van der Waals surface area contributed by atoms with Crippen LogP contribution in [0.2, 0.25) is 0 Å². The summed E-state index contributed by atoms with van der Waals surface area (Å²) < 4.78 is 1.76. The van der Waals surface area contributed by atoms with Gasteiger partial charge in [-0.2, -0.15) is 5.10 Å². The maximum absolute atomic E-state index is 13.2. The van der Waals surface area contributed by atoms with Gasteiger partial charge < -0.3 is 15.5 Å². The second-order valence-electron chi connectivity index (χ2n) is 9.25. The molecule has 0 aliphatic heterocycles. The molecular formula is C30H33N5O2. The van der Waals surface area contributed by atoms with Gasteiger partial charge in [0.15, 0.2) is 0 Å². The quantitative estimate of drug-likeness (QED) is 0.299. The molecule has 0 saturated carbocycles. The Morgan fingerprint density at radius 3 is 2.24 bits per heavy atom. The Morgan fingerprint density at radius 1 is 0.865 bits per heavy atom. The number of hydrogen-bond acceptors (Lipinski definition) is 3. The molecule has 4 aromatic rings. The molecule has 4 rings (SSSR count). The van der Waals surface area contributed by atoms with Gasteiger partial charge in [0.2, 0.25) is 5.91 Å². The Hall–Kier alpha value is -4.39. The molecule has 0 radical (unpaired) electrons. The lowest BCUT2D eigenvalue weighted by molar-refractivity contribution is -0.116. The average molecular weight is 496 g/mol. The van der Waals surface area contributed by atoms with E-state index in [1.807, 2.05) is 100 Å². The van der Waals surface area contributed by atoms with E-state index in [-0.39, 0.29) is 18.5 Å². The van der Waals surface area contributed by atoms with Crippen molar-refractivity contribution in [3.8, 4) is 16.9 Å². The molecule has 3 amide bonds. The summed E-state index contributed by atoms with van der Waals surface area (Å²) >= 11 is 0. The van der Waals surface area contributed by atoms with Crippen LogP contribution in [0.5, 0.6) is 0 Å². The van der Waals surface area contributed by atoms with Crippen molar-refractivity contribution in [1.82, 2.24) is 14.7 Å². The van der Waals surface area contributed by atoms with E-state index in [1.165, 1.54) is 4.90 Å². The van der Waals surface area contributed by atoms with Crippen molar-refractivity contribution in [3.05, 3.63) is 95.6 Å². The Balaban J connectivity index is 1.57. The van der Waals surface area contributed by atoms with E-state index in [4.69, 9.17) is 5.10 Å². The number of carbonyl (C=O) groups is 2. The van der Waals surface area contributed by atoms with Crippen molar-refractivity contribution >= 4 is 23.4 Å². The Morgan fingerprint density at radius 2 is 1.57 bits per heavy atom. The molecule has 0 fully saturated rings. The SMILES string of the molecule is CCCN(CC(=O)Nc1cc(-c2ccccc2)nn1-c1ccc(C)cc1C)C(=O)Nc1ccc(C)cc1. The van der Waals surface area contributed by atoms with Gasteiger partial charge in [-0.15, -0.1) is 0 Å². The summed E-state index contributed by atoms with van der Waals surface area (Å²) in [7, 11) is 0. The normalized spacial score (nSPS) is 10.7. The van der Waals surface area contributed by atoms with E-state index in [1.54, 1.807) is 4.68 Å². The van der Waals surface area contributed by atoms with E-state index in [0.29, 0.717) is 18.1 Å². The van der Waals surface area contributed by atoms with Crippen molar-refractivity contribution in [3.63, 3.8) is 0 Å². The minimum absolute atomic E-state index is 0.0791. The number of carbonyl (C=O) groups excluding carboxylic acids is 2. The zero-order chi connectivity index (χ0) is 26.4. The van der Waals surface area contributed by atoms with Gasteiger partial charge in [0, 0.05) is 23.9 Å². The highest BCUT2D eigenvalue weighted by Crippen LogP contribution is 2.26. The monoisotopic (exact) mass is 495 g/mol. The number of rotatable bonds is 8. The lowest BCUT2D eigenvalue weighted by atomic mass is 10.1. The van der Waals surface area contributed by atoms with E-state index in [9.17, 15) is 9.59 Å². The zero-order valence-electron chi connectivity index (χ0n) is 21.8. The summed E-state index contributed by atoms with van der Waals surface area (Å²) in [5.41, 5.74) is 6.58. The first-order valence-electron chi connectivity index (χ1n) is 12.5. The highest BCUT2D eigenvalue weighted by molar-refractivity contribution is 5.97. The summed E-state index contributed by atoms with van der Waals surface area (Å²) in [5, 5.41) is 10.7. The van der Waals surface area contributed by atoms with Gasteiger partial charge >= 0.3 is 6.03 Å². The molecule has 2 N–H and O–H groups in total. The van der Waals surface area contributed by atoms with Crippen LogP contribution in [-0.4, -0.2) is 39.7 Å². The Bertz CT molecular complexity index is 1380. The van der Waals surface area contributed by atoms with Crippen molar-refractivity contribution < 1.29 is 9.59 Å². The summed E-state index contributed by atoms with van der Waals surface area (Å²) in [4.78, 5) is 27.7. The number of hydrogen-bond donors (Lipinski definition) is 2. The molecule has 0 atom stereocenters. The third kappa shape index (κ3) is 6.44. The van der Waals surface area contributed by atoms with Gasteiger partial charge in [-0.25, -0.2) is 9.48 Å². The maximum atomic E-state index is 13.2. The first-order valence-corrected chi connectivity index (χ1v) is 12.5. The highest BCUT2D eigenvalue weighted by Gasteiger charge is 2.20. The lowest BCUT2D eigenvalue weighted by Crippen LogP contribution is -2.41. The molecule has 0 aliphatic rings. The third-order valence-electron chi connectivity index (χ3n) is 6.04. The molecule has 0 spiro atoms. The predicted molar refractivity (Wildman–Crippen MR) is 149 cm³/mol. The first kappa shape index (κ1) is 25.7. The number of aryl methyl sites for hydroxylation is 3. The molecule has 37 heavy (non-hydrogen) atoms. The van der Waals surface area contributed by atoms with E-state index < -0.39 is 0 Å². The largest absolute Gasteiger partial charge is 0.322 e. The van der Waals surface area contributed by atoms with Gasteiger partial charge in [0.25, 0.3) is 0 Å². The standard InChI is InChI=1S/C30H33N5O2/c1-5-17-34(30(37)31-25-14-11-21(2)12-15-25)20-29(36)32-28-19-26(24-9-7-6-8-10-24)33-35(28)27-16-13-22(3)18-23(27)4/h6-16,18-19H,5,17,20H2,1-4H3,(H,31,37)(H,32,36). The summed E-state index contributed by atoms with van der Waals surface area (Å²) in [6.07, 6.45) is 0.729. The van der Waals surface area contributed by atoms with E-state index in [2.05, 4.69) is 16.7 Å². The van der Waals surface area contributed by atoms with Crippen molar-refractivity contribution in [2.24, 2.45) is 0 Å². The van der Waals surface area contributed by atoms with Crippen LogP contribution in [0.3, 0.4) is 0 Å². The Labute approximate surface area is 218 Å². The molecule has 1 aromatic heterocycles. The maximum Gasteiger partial charge on any atom is 0.322 e. The minimum atomic E-state index is -0.311.